The van der Waals surface area contributed by atoms with Crippen LogP contribution in [0.3, 0.4) is 0 Å². The minimum Gasteiger partial charge on any atom is -0.329 e. The molecule has 4 heteroatoms. The molecular weight excluding hydrogens is 280 g/mol. The minimum absolute atomic E-state index is 0.0755. The topological polar surface area (TPSA) is 55.1 Å². The quantitative estimate of drug-likeness (QED) is 0.900. The molecule has 1 amide bonds. The first-order valence-electron chi connectivity index (χ1n) is 7.40. The molecule has 1 aliphatic carbocycles. The Kier molecular flexibility index (Phi) is 4.08. The Balaban J connectivity index is 1.87. The zero-order valence-electron chi connectivity index (χ0n) is 12.0. The van der Waals surface area contributed by atoms with E-state index in [1.807, 2.05) is 35.7 Å². The smallest absolute Gasteiger partial charge is 0.231 e. The Morgan fingerprint density at radius 3 is 2.62 bits per heavy atom. The standard InChI is InChI=1S/C17H20N2OS/c18-12-17(9-3-4-10-17)16(20)19-14-7-2-1-6-13(14)15-8-5-11-21-15/h1-2,5-8,11H,3-4,9-10,12,18H2,(H,19,20). The van der Waals surface area contributed by atoms with Gasteiger partial charge in [-0.2, -0.15) is 0 Å². The number of para-hydroxylation sites is 1. The number of thiophene rings is 1. The highest BCUT2D eigenvalue weighted by atomic mass is 32.1. The summed E-state index contributed by atoms with van der Waals surface area (Å²) in [5.41, 5.74) is 7.48. The van der Waals surface area contributed by atoms with Gasteiger partial charge in [0.2, 0.25) is 5.91 Å². The van der Waals surface area contributed by atoms with Crippen LogP contribution < -0.4 is 11.1 Å². The maximum Gasteiger partial charge on any atom is 0.231 e. The Morgan fingerprint density at radius 2 is 1.95 bits per heavy atom. The molecule has 0 aliphatic heterocycles. The molecule has 0 bridgehead atoms. The number of carbonyl (C=O) groups is 1. The largest absolute Gasteiger partial charge is 0.329 e. The fourth-order valence-electron chi connectivity index (χ4n) is 3.07. The van der Waals surface area contributed by atoms with Gasteiger partial charge in [0.05, 0.1) is 5.41 Å². The van der Waals surface area contributed by atoms with Crippen LogP contribution in [0.25, 0.3) is 10.4 Å². The first-order chi connectivity index (χ1) is 10.2. The molecule has 0 spiro atoms. The maximum atomic E-state index is 12.7. The zero-order chi connectivity index (χ0) is 14.7. The number of anilines is 1. The summed E-state index contributed by atoms with van der Waals surface area (Å²) >= 11 is 1.68. The van der Waals surface area contributed by atoms with Crippen molar-refractivity contribution in [1.82, 2.24) is 0 Å². The van der Waals surface area contributed by atoms with E-state index in [2.05, 4.69) is 11.4 Å². The number of hydrogen-bond donors (Lipinski definition) is 2. The number of carbonyl (C=O) groups excluding carboxylic acids is 1. The Bertz CT molecular complexity index is 615. The van der Waals surface area contributed by atoms with Gasteiger partial charge in [0.15, 0.2) is 0 Å². The van der Waals surface area contributed by atoms with E-state index in [1.165, 1.54) is 4.88 Å². The van der Waals surface area contributed by atoms with Gasteiger partial charge in [0, 0.05) is 22.7 Å². The molecule has 0 unspecified atom stereocenters. The van der Waals surface area contributed by atoms with Crippen LogP contribution in [-0.2, 0) is 4.79 Å². The number of rotatable bonds is 4. The SMILES string of the molecule is NCC1(C(=O)Nc2ccccc2-c2cccs2)CCCC1. The van der Waals surface area contributed by atoms with Crippen LogP contribution >= 0.6 is 11.3 Å². The molecule has 21 heavy (non-hydrogen) atoms. The van der Waals surface area contributed by atoms with Crippen molar-refractivity contribution in [3.8, 4) is 10.4 Å². The Morgan fingerprint density at radius 1 is 1.19 bits per heavy atom. The van der Waals surface area contributed by atoms with Crippen molar-refractivity contribution in [2.24, 2.45) is 11.1 Å². The van der Waals surface area contributed by atoms with E-state index in [0.29, 0.717) is 6.54 Å². The second-order valence-corrected chi connectivity index (χ2v) is 6.62. The van der Waals surface area contributed by atoms with Crippen LogP contribution in [0.4, 0.5) is 5.69 Å². The van der Waals surface area contributed by atoms with Crippen molar-refractivity contribution in [2.45, 2.75) is 25.7 Å². The number of nitrogens with one attached hydrogen (secondary N) is 1. The number of hydrogen-bond acceptors (Lipinski definition) is 3. The van der Waals surface area contributed by atoms with Crippen LogP contribution in [0, 0.1) is 5.41 Å². The van der Waals surface area contributed by atoms with Gasteiger partial charge in [-0.1, -0.05) is 37.1 Å². The van der Waals surface area contributed by atoms with E-state index in [-0.39, 0.29) is 11.3 Å². The maximum absolute atomic E-state index is 12.7. The average Bonchev–Trinajstić information content (AvgIpc) is 3.20. The predicted octanol–water partition coefficient (Wildman–Crippen LogP) is 3.87. The van der Waals surface area contributed by atoms with Crippen LogP contribution in [0.5, 0.6) is 0 Å². The van der Waals surface area contributed by atoms with E-state index in [9.17, 15) is 4.79 Å². The van der Waals surface area contributed by atoms with Gasteiger partial charge >= 0.3 is 0 Å². The predicted molar refractivity (Wildman–Crippen MR) is 88.3 cm³/mol. The lowest BCUT2D eigenvalue weighted by atomic mass is 9.85. The second kappa shape index (κ2) is 6.00. The molecule has 1 aromatic heterocycles. The highest BCUT2D eigenvalue weighted by molar-refractivity contribution is 7.13. The fourth-order valence-corrected chi connectivity index (χ4v) is 3.84. The lowest BCUT2D eigenvalue weighted by molar-refractivity contribution is -0.124. The summed E-state index contributed by atoms with van der Waals surface area (Å²) < 4.78 is 0. The molecular formula is C17H20N2OS. The van der Waals surface area contributed by atoms with E-state index in [0.717, 1.165) is 36.9 Å². The third-order valence-electron chi connectivity index (χ3n) is 4.39. The van der Waals surface area contributed by atoms with E-state index in [4.69, 9.17) is 5.73 Å². The molecule has 3 nitrogen and oxygen atoms in total. The number of amides is 1. The first-order valence-corrected chi connectivity index (χ1v) is 8.28. The van der Waals surface area contributed by atoms with Crippen LogP contribution in [0.15, 0.2) is 41.8 Å². The Hall–Kier alpha value is -1.65. The summed E-state index contributed by atoms with van der Waals surface area (Å²) in [6, 6.07) is 12.1. The molecule has 3 rings (SSSR count). The molecule has 2 aromatic rings. The third kappa shape index (κ3) is 2.74. The molecule has 3 N–H and O–H groups in total. The summed E-state index contributed by atoms with van der Waals surface area (Å²) in [7, 11) is 0. The van der Waals surface area contributed by atoms with Gasteiger partial charge < -0.3 is 11.1 Å². The van der Waals surface area contributed by atoms with Crippen molar-refractivity contribution < 1.29 is 4.79 Å². The van der Waals surface area contributed by atoms with Gasteiger partial charge in [-0.05, 0) is 30.4 Å². The third-order valence-corrected chi connectivity index (χ3v) is 5.30. The molecule has 110 valence electrons. The van der Waals surface area contributed by atoms with E-state index < -0.39 is 0 Å². The van der Waals surface area contributed by atoms with Crippen molar-refractivity contribution in [3.63, 3.8) is 0 Å². The van der Waals surface area contributed by atoms with Crippen molar-refractivity contribution in [2.75, 3.05) is 11.9 Å². The van der Waals surface area contributed by atoms with Gasteiger partial charge in [-0.3, -0.25) is 4.79 Å². The van der Waals surface area contributed by atoms with Gasteiger partial charge in [-0.15, -0.1) is 11.3 Å². The normalized spacial score (nSPS) is 16.8. The lowest BCUT2D eigenvalue weighted by Crippen LogP contribution is -2.40. The molecule has 0 radical (unpaired) electrons. The summed E-state index contributed by atoms with van der Waals surface area (Å²) in [5.74, 6) is 0.0755. The molecule has 1 saturated carbocycles. The number of nitrogens with two attached hydrogens (primary N) is 1. The first kappa shape index (κ1) is 14.3. The van der Waals surface area contributed by atoms with Crippen LogP contribution in [0.2, 0.25) is 0 Å². The zero-order valence-corrected chi connectivity index (χ0v) is 12.8. The van der Waals surface area contributed by atoms with Crippen molar-refractivity contribution >= 4 is 22.9 Å². The molecule has 0 saturated heterocycles. The Labute approximate surface area is 129 Å². The molecule has 1 aromatic carbocycles. The summed E-state index contributed by atoms with van der Waals surface area (Å²) in [6.45, 7) is 0.431. The highest BCUT2D eigenvalue weighted by Gasteiger charge is 2.39. The fraction of sp³-hybridized carbons (Fsp3) is 0.353. The molecule has 1 aliphatic rings. The summed E-state index contributed by atoms with van der Waals surface area (Å²) in [5, 5.41) is 5.17. The molecule has 0 atom stereocenters. The minimum atomic E-state index is -0.372. The van der Waals surface area contributed by atoms with Gasteiger partial charge in [0.1, 0.15) is 0 Å². The average molecular weight is 300 g/mol. The monoisotopic (exact) mass is 300 g/mol. The van der Waals surface area contributed by atoms with Crippen molar-refractivity contribution in [3.05, 3.63) is 41.8 Å². The van der Waals surface area contributed by atoms with Gasteiger partial charge in [-0.25, -0.2) is 0 Å². The highest BCUT2D eigenvalue weighted by Crippen LogP contribution is 2.39. The molecule has 1 heterocycles. The summed E-state index contributed by atoms with van der Waals surface area (Å²) in [6.07, 6.45) is 3.99. The second-order valence-electron chi connectivity index (χ2n) is 5.67. The van der Waals surface area contributed by atoms with Crippen LogP contribution in [0.1, 0.15) is 25.7 Å². The van der Waals surface area contributed by atoms with Crippen molar-refractivity contribution in [1.29, 1.82) is 0 Å². The van der Waals surface area contributed by atoms with Crippen LogP contribution in [-0.4, -0.2) is 12.5 Å². The van der Waals surface area contributed by atoms with Gasteiger partial charge in [0.25, 0.3) is 0 Å². The molecule has 1 fully saturated rings. The van der Waals surface area contributed by atoms with E-state index in [1.54, 1.807) is 11.3 Å². The number of benzene rings is 1. The lowest BCUT2D eigenvalue weighted by Gasteiger charge is -2.26. The summed E-state index contributed by atoms with van der Waals surface area (Å²) in [4.78, 5) is 13.9. The van der Waals surface area contributed by atoms with E-state index >= 15 is 0 Å².